The predicted molar refractivity (Wildman–Crippen MR) is 104 cm³/mol. The first-order valence-corrected chi connectivity index (χ1v) is 9.02. The fraction of sp³-hybridized carbons (Fsp3) is 0.190. The number of anilines is 2. The summed E-state index contributed by atoms with van der Waals surface area (Å²) in [6, 6.07) is 14.1. The van der Waals surface area contributed by atoms with Crippen molar-refractivity contribution >= 4 is 23.2 Å². The summed E-state index contributed by atoms with van der Waals surface area (Å²) in [4.78, 5) is 28.7. The lowest BCUT2D eigenvalue weighted by molar-refractivity contribution is -0.124. The lowest BCUT2D eigenvalue weighted by Gasteiger charge is -2.11. The maximum absolute atomic E-state index is 12.6. The van der Waals surface area contributed by atoms with E-state index in [4.69, 9.17) is 9.15 Å². The Balaban J connectivity index is 1.45. The van der Waals surface area contributed by atoms with Gasteiger partial charge >= 0.3 is 0 Å². The van der Waals surface area contributed by atoms with Gasteiger partial charge in [0.15, 0.2) is 12.2 Å². The molecule has 0 radical (unpaired) electrons. The van der Waals surface area contributed by atoms with E-state index in [1.165, 1.54) is 6.39 Å². The first-order chi connectivity index (χ1) is 13.7. The highest BCUT2D eigenvalue weighted by Gasteiger charge is 2.23. The van der Waals surface area contributed by atoms with Crippen molar-refractivity contribution in [2.24, 2.45) is 0 Å². The molecule has 1 aromatic heterocycles. The van der Waals surface area contributed by atoms with E-state index in [1.807, 2.05) is 18.2 Å². The molecule has 2 amide bonds. The molecular formula is C21H19N3O4. The van der Waals surface area contributed by atoms with Gasteiger partial charge in [-0.15, -0.1) is 0 Å². The SMILES string of the molecule is O=C(Nc1cccc(-c2cnco2)c1)c1cccc(NC(=O)C2CCCO2)c1. The van der Waals surface area contributed by atoms with Crippen molar-refractivity contribution in [2.75, 3.05) is 17.2 Å². The summed E-state index contributed by atoms with van der Waals surface area (Å²) in [5.41, 5.74) is 2.44. The van der Waals surface area contributed by atoms with Gasteiger partial charge in [-0.05, 0) is 43.2 Å². The van der Waals surface area contributed by atoms with E-state index < -0.39 is 6.10 Å². The second-order valence-electron chi connectivity index (χ2n) is 6.47. The van der Waals surface area contributed by atoms with Crippen molar-refractivity contribution < 1.29 is 18.7 Å². The summed E-state index contributed by atoms with van der Waals surface area (Å²) in [5, 5.41) is 5.67. The van der Waals surface area contributed by atoms with Crippen LogP contribution in [0.4, 0.5) is 11.4 Å². The third-order valence-corrected chi connectivity index (χ3v) is 4.45. The zero-order chi connectivity index (χ0) is 19.3. The van der Waals surface area contributed by atoms with Crippen molar-refractivity contribution in [3.8, 4) is 11.3 Å². The molecule has 0 bridgehead atoms. The largest absolute Gasteiger partial charge is 0.444 e. The second kappa shape index (κ2) is 8.06. The number of rotatable bonds is 5. The molecule has 0 aliphatic carbocycles. The maximum atomic E-state index is 12.6. The van der Waals surface area contributed by atoms with Crippen LogP contribution in [0, 0.1) is 0 Å². The van der Waals surface area contributed by atoms with Gasteiger partial charge in [0.1, 0.15) is 6.10 Å². The highest BCUT2D eigenvalue weighted by atomic mass is 16.5. The zero-order valence-corrected chi connectivity index (χ0v) is 15.1. The Labute approximate surface area is 161 Å². The molecule has 142 valence electrons. The molecule has 0 spiro atoms. The fourth-order valence-corrected chi connectivity index (χ4v) is 3.06. The smallest absolute Gasteiger partial charge is 0.255 e. The molecule has 7 nitrogen and oxygen atoms in total. The van der Waals surface area contributed by atoms with Gasteiger partial charge in [-0.2, -0.15) is 0 Å². The number of hydrogen-bond acceptors (Lipinski definition) is 5. The minimum atomic E-state index is -0.420. The van der Waals surface area contributed by atoms with Crippen LogP contribution in [0.15, 0.2) is 65.5 Å². The number of ether oxygens (including phenoxy) is 1. The van der Waals surface area contributed by atoms with Gasteiger partial charge in [0.05, 0.1) is 6.20 Å². The number of benzene rings is 2. The highest BCUT2D eigenvalue weighted by molar-refractivity contribution is 6.05. The van der Waals surface area contributed by atoms with Crippen molar-refractivity contribution in [2.45, 2.75) is 18.9 Å². The van der Waals surface area contributed by atoms with Gasteiger partial charge < -0.3 is 19.8 Å². The molecule has 1 aliphatic heterocycles. The number of oxazole rings is 1. The second-order valence-corrected chi connectivity index (χ2v) is 6.47. The summed E-state index contributed by atoms with van der Waals surface area (Å²) in [7, 11) is 0. The van der Waals surface area contributed by atoms with Crippen molar-refractivity contribution in [3.63, 3.8) is 0 Å². The lowest BCUT2D eigenvalue weighted by atomic mass is 10.1. The molecule has 4 rings (SSSR count). The van der Waals surface area contributed by atoms with Gasteiger partial charge in [0, 0.05) is 29.1 Å². The van der Waals surface area contributed by atoms with Crippen LogP contribution >= 0.6 is 0 Å². The van der Waals surface area contributed by atoms with E-state index in [2.05, 4.69) is 15.6 Å². The number of carbonyl (C=O) groups excluding carboxylic acids is 2. The summed E-state index contributed by atoms with van der Waals surface area (Å²) < 4.78 is 10.7. The Kier molecular flexibility index (Phi) is 5.16. The lowest BCUT2D eigenvalue weighted by Crippen LogP contribution is -2.27. The van der Waals surface area contributed by atoms with Crippen molar-refractivity contribution in [1.82, 2.24) is 4.98 Å². The van der Waals surface area contributed by atoms with E-state index in [-0.39, 0.29) is 11.8 Å². The van der Waals surface area contributed by atoms with Gasteiger partial charge in [-0.3, -0.25) is 9.59 Å². The molecule has 1 unspecified atom stereocenters. The van der Waals surface area contributed by atoms with Crippen LogP contribution in [0.5, 0.6) is 0 Å². The topological polar surface area (TPSA) is 93.5 Å². The molecule has 1 atom stereocenters. The monoisotopic (exact) mass is 377 g/mol. The van der Waals surface area contributed by atoms with Crippen LogP contribution in [0.2, 0.25) is 0 Å². The Bertz CT molecular complexity index is 979. The molecule has 1 saturated heterocycles. The summed E-state index contributed by atoms with van der Waals surface area (Å²) in [6.45, 7) is 0.605. The third-order valence-electron chi connectivity index (χ3n) is 4.45. The van der Waals surface area contributed by atoms with Crippen LogP contribution in [0.1, 0.15) is 23.2 Å². The Morgan fingerprint density at radius 1 is 1.04 bits per heavy atom. The summed E-state index contributed by atoms with van der Waals surface area (Å²) in [5.74, 6) is 0.160. The summed E-state index contributed by atoms with van der Waals surface area (Å²) >= 11 is 0. The molecule has 1 fully saturated rings. The van der Waals surface area contributed by atoms with Crippen LogP contribution in [-0.4, -0.2) is 29.5 Å². The van der Waals surface area contributed by atoms with Crippen LogP contribution in [0.25, 0.3) is 11.3 Å². The molecule has 28 heavy (non-hydrogen) atoms. The molecule has 2 N–H and O–H groups in total. The van der Waals surface area contributed by atoms with Crippen LogP contribution < -0.4 is 10.6 Å². The third kappa shape index (κ3) is 4.10. The van der Waals surface area contributed by atoms with E-state index in [0.717, 1.165) is 12.0 Å². The Hall–Kier alpha value is -3.45. The zero-order valence-electron chi connectivity index (χ0n) is 15.1. The van der Waals surface area contributed by atoms with Crippen LogP contribution in [-0.2, 0) is 9.53 Å². The molecule has 7 heteroatoms. The maximum Gasteiger partial charge on any atom is 0.255 e. The molecule has 3 aromatic rings. The molecule has 0 saturated carbocycles. The quantitative estimate of drug-likeness (QED) is 0.707. The molecule has 1 aliphatic rings. The number of aromatic nitrogens is 1. The average molecular weight is 377 g/mol. The minimum absolute atomic E-state index is 0.185. The van der Waals surface area contributed by atoms with Gasteiger partial charge in [-0.1, -0.05) is 18.2 Å². The van der Waals surface area contributed by atoms with Gasteiger partial charge in [0.2, 0.25) is 0 Å². The molecule has 2 aromatic carbocycles. The highest BCUT2D eigenvalue weighted by Crippen LogP contribution is 2.23. The van der Waals surface area contributed by atoms with E-state index >= 15 is 0 Å². The van der Waals surface area contributed by atoms with E-state index in [1.54, 1.807) is 36.5 Å². The first-order valence-electron chi connectivity index (χ1n) is 9.02. The van der Waals surface area contributed by atoms with E-state index in [0.29, 0.717) is 35.7 Å². The summed E-state index contributed by atoms with van der Waals surface area (Å²) in [6.07, 6.45) is 4.15. The minimum Gasteiger partial charge on any atom is -0.444 e. The van der Waals surface area contributed by atoms with Crippen molar-refractivity contribution in [1.29, 1.82) is 0 Å². The Morgan fingerprint density at radius 3 is 2.61 bits per heavy atom. The van der Waals surface area contributed by atoms with Crippen LogP contribution in [0.3, 0.4) is 0 Å². The number of nitrogens with one attached hydrogen (secondary N) is 2. The Morgan fingerprint density at radius 2 is 1.86 bits per heavy atom. The first kappa shape index (κ1) is 17.9. The number of carbonyl (C=O) groups is 2. The number of nitrogens with zero attached hydrogens (tertiary/aromatic N) is 1. The average Bonchev–Trinajstić information content (AvgIpc) is 3.42. The van der Waals surface area contributed by atoms with Crippen molar-refractivity contribution in [3.05, 3.63) is 66.7 Å². The molecular weight excluding hydrogens is 358 g/mol. The van der Waals surface area contributed by atoms with Gasteiger partial charge in [-0.25, -0.2) is 4.98 Å². The molecule has 2 heterocycles. The van der Waals surface area contributed by atoms with Gasteiger partial charge in [0.25, 0.3) is 11.8 Å². The number of hydrogen-bond donors (Lipinski definition) is 2. The fourth-order valence-electron chi connectivity index (χ4n) is 3.06. The van der Waals surface area contributed by atoms with E-state index in [9.17, 15) is 9.59 Å². The normalized spacial score (nSPS) is 15.9. The predicted octanol–water partition coefficient (Wildman–Crippen LogP) is 3.71. The number of amides is 2. The standard InChI is InChI=1S/C21H19N3O4/c25-20(23-16-6-1-4-14(10-16)19-12-22-13-28-19)15-5-2-7-17(11-15)24-21(26)18-8-3-9-27-18/h1-2,4-7,10-13,18H,3,8-9H2,(H,23,25)(H,24,26).